The molecule has 1 unspecified atom stereocenters. The van der Waals surface area contributed by atoms with Crippen molar-refractivity contribution < 1.29 is 9.59 Å². The van der Waals surface area contributed by atoms with Gasteiger partial charge in [-0.25, -0.2) is 4.68 Å². The van der Waals surface area contributed by atoms with Gasteiger partial charge in [0.1, 0.15) is 0 Å². The zero-order chi connectivity index (χ0) is 19.4. The number of hydrogen-bond donors (Lipinski definition) is 2. The van der Waals surface area contributed by atoms with Gasteiger partial charge in [-0.3, -0.25) is 9.59 Å². The highest BCUT2D eigenvalue weighted by atomic mass is 35.5. The van der Waals surface area contributed by atoms with Crippen molar-refractivity contribution in [3.63, 3.8) is 0 Å². The molecule has 26 heavy (non-hydrogen) atoms. The van der Waals surface area contributed by atoms with E-state index in [2.05, 4.69) is 15.5 Å². The summed E-state index contributed by atoms with van der Waals surface area (Å²) < 4.78 is 1.26. The summed E-state index contributed by atoms with van der Waals surface area (Å²) in [5.41, 5.74) is 0.582. The molecule has 1 aromatic heterocycles. The molecule has 0 aliphatic heterocycles. The second-order valence-electron chi connectivity index (χ2n) is 5.99. The molecule has 2 rings (SSSR count). The van der Waals surface area contributed by atoms with Gasteiger partial charge in [-0.2, -0.15) is 0 Å². The number of nitrogens with two attached hydrogens (primary N) is 1. The molecule has 0 bridgehead atoms. The van der Waals surface area contributed by atoms with Gasteiger partial charge in [0.05, 0.1) is 16.8 Å². The maximum Gasteiger partial charge on any atom is 0.231 e. The second kappa shape index (κ2) is 8.75. The van der Waals surface area contributed by atoms with E-state index in [1.165, 1.54) is 11.6 Å². The van der Waals surface area contributed by atoms with Gasteiger partial charge in [-0.1, -0.05) is 48.8 Å². The number of thioether (sulfide) groups is 1. The molecule has 0 fully saturated rings. The molecule has 7 nitrogen and oxygen atoms in total. The van der Waals surface area contributed by atoms with Gasteiger partial charge in [0, 0.05) is 10.6 Å². The number of Topliss-reactive ketones (excluding diaryl/α,β-unsaturated/α-hetero) is 1. The minimum absolute atomic E-state index is 0.0123. The monoisotopic (exact) mass is 415 g/mol. The fourth-order valence-electron chi connectivity index (χ4n) is 2.31. The van der Waals surface area contributed by atoms with Gasteiger partial charge in [0.15, 0.2) is 11.6 Å². The Morgan fingerprint density at radius 2 is 2.00 bits per heavy atom. The number of amides is 1. The lowest BCUT2D eigenvalue weighted by molar-refractivity contribution is -0.126. The molecule has 0 aliphatic carbocycles. The summed E-state index contributed by atoms with van der Waals surface area (Å²) in [5.74, 6) is 6.08. The molecule has 0 saturated heterocycles. The van der Waals surface area contributed by atoms with Crippen LogP contribution in [-0.4, -0.2) is 38.4 Å². The Hall–Kier alpha value is -1.77. The highest BCUT2D eigenvalue weighted by Gasteiger charge is 2.21. The van der Waals surface area contributed by atoms with Crippen LogP contribution in [0.3, 0.4) is 0 Å². The average molecular weight is 416 g/mol. The molecule has 2 aromatic rings. The van der Waals surface area contributed by atoms with Crippen molar-refractivity contribution in [1.82, 2.24) is 20.2 Å². The molecule has 0 saturated carbocycles. The van der Waals surface area contributed by atoms with E-state index < -0.39 is 6.04 Å². The lowest BCUT2D eigenvalue weighted by Gasteiger charge is -2.19. The van der Waals surface area contributed by atoms with Crippen LogP contribution in [0.2, 0.25) is 10.0 Å². The molecule has 0 radical (unpaired) electrons. The number of nitrogens with one attached hydrogen (secondary N) is 1. The number of aromatic nitrogens is 3. The SMILES string of the molecule is CC(=O)C(NC(=O)CSc1nnc(-c2ccc(Cl)cc2Cl)n1N)C(C)C. The Morgan fingerprint density at radius 1 is 1.31 bits per heavy atom. The minimum atomic E-state index is -0.512. The van der Waals surface area contributed by atoms with E-state index in [-0.39, 0.29) is 23.4 Å². The Kier molecular flexibility index (Phi) is 6.91. The molecule has 1 atom stereocenters. The van der Waals surface area contributed by atoms with E-state index in [4.69, 9.17) is 29.0 Å². The van der Waals surface area contributed by atoms with Crippen molar-refractivity contribution in [3.05, 3.63) is 28.2 Å². The van der Waals surface area contributed by atoms with Crippen molar-refractivity contribution in [1.29, 1.82) is 0 Å². The van der Waals surface area contributed by atoms with Crippen LogP contribution in [-0.2, 0) is 9.59 Å². The number of halogens is 2. The summed E-state index contributed by atoms with van der Waals surface area (Å²) >= 11 is 13.2. The van der Waals surface area contributed by atoms with Gasteiger partial charge in [-0.05, 0) is 31.0 Å². The van der Waals surface area contributed by atoms with Crippen molar-refractivity contribution in [3.8, 4) is 11.4 Å². The Labute approximate surface area is 165 Å². The quantitative estimate of drug-likeness (QED) is 0.532. The van der Waals surface area contributed by atoms with Gasteiger partial charge in [0.25, 0.3) is 0 Å². The number of carbonyl (C=O) groups is 2. The van der Waals surface area contributed by atoms with Crippen LogP contribution in [0.25, 0.3) is 11.4 Å². The van der Waals surface area contributed by atoms with Crippen LogP contribution in [0.5, 0.6) is 0 Å². The zero-order valence-electron chi connectivity index (χ0n) is 14.5. The third-order valence-electron chi connectivity index (χ3n) is 3.59. The number of nitrogen functional groups attached to an aromatic ring is 1. The number of carbonyl (C=O) groups excluding carboxylic acids is 2. The van der Waals surface area contributed by atoms with Crippen molar-refractivity contribution >= 4 is 46.7 Å². The predicted molar refractivity (Wildman–Crippen MR) is 104 cm³/mol. The summed E-state index contributed by atoms with van der Waals surface area (Å²) in [6.07, 6.45) is 0. The fourth-order valence-corrected chi connectivity index (χ4v) is 3.47. The predicted octanol–water partition coefficient (Wildman–Crippen LogP) is 2.79. The lowest BCUT2D eigenvalue weighted by Crippen LogP contribution is -2.44. The zero-order valence-corrected chi connectivity index (χ0v) is 16.8. The molecule has 3 N–H and O–H groups in total. The highest BCUT2D eigenvalue weighted by Crippen LogP contribution is 2.30. The topological polar surface area (TPSA) is 103 Å². The molecule has 140 valence electrons. The molecule has 1 heterocycles. The third kappa shape index (κ3) is 4.90. The number of rotatable bonds is 7. The largest absolute Gasteiger partial charge is 0.345 e. The summed E-state index contributed by atoms with van der Waals surface area (Å²) in [5, 5.41) is 12.0. The number of nitrogens with zero attached hydrogens (tertiary/aromatic N) is 3. The van der Waals surface area contributed by atoms with E-state index in [1.54, 1.807) is 18.2 Å². The summed E-state index contributed by atoms with van der Waals surface area (Å²) in [6, 6.07) is 4.44. The van der Waals surface area contributed by atoms with Crippen LogP contribution in [0, 0.1) is 5.92 Å². The smallest absolute Gasteiger partial charge is 0.231 e. The first-order chi connectivity index (χ1) is 12.2. The molecular weight excluding hydrogens is 397 g/mol. The van der Waals surface area contributed by atoms with Gasteiger partial charge >= 0.3 is 0 Å². The molecule has 1 amide bonds. The molecular formula is C16H19Cl2N5O2S. The van der Waals surface area contributed by atoms with Crippen molar-refractivity contribution in [2.45, 2.75) is 32.0 Å². The van der Waals surface area contributed by atoms with Gasteiger partial charge in [-0.15, -0.1) is 10.2 Å². The van der Waals surface area contributed by atoms with E-state index in [0.29, 0.717) is 26.6 Å². The first-order valence-corrected chi connectivity index (χ1v) is 9.53. The molecule has 10 heteroatoms. The third-order valence-corrected chi connectivity index (χ3v) is 5.08. The van der Waals surface area contributed by atoms with E-state index in [9.17, 15) is 9.59 Å². The Morgan fingerprint density at radius 3 is 2.58 bits per heavy atom. The Balaban J connectivity index is 2.06. The van der Waals surface area contributed by atoms with E-state index >= 15 is 0 Å². The second-order valence-corrected chi connectivity index (χ2v) is 7.78. The maximum absolute atomic E-state index is 12.1. The van der Waals surface area contributed by atoms with Crippen molar-refractivity contribution in [2.75, 3.05) is 11.6 Å². The summed E-state index contributed by atoms with van der Waals surface area (Å²) in [6.45, 7) is 5.20. The minimum Gasteiger partial charge on any atom is -0.345 e. The van der Waals surface area contributed by atoms with Gasteiger partial charge in [0.2, 0.25) is 11.1 Å². The van der Waals surface area contributed by atoms with Crippen LogP contribution < -0.4 is 11.2 Å². The summed E-state index contributed by atoms with van der Waals surface area (Å²) in [7, 11) is 0. The molecule has 0 aliphatic rings. The fraction of sp³-hybridized carbons (Fsp3) is 0.375. The van der Waals surface area contributed by atoms with E-state index in [0.717, 1.165) is 11.8 Å². The average Bonchev–Trinajstić information content (AvgIpc) is 2.91. The standard InChI is InChI=1S/C16H19Cl2N5O2S/c1-8(2)14(9(3)24)20-13(25)7-26-16-22-21-15(23(16)19)11-5-4-10(17)6-12(11)18/h4-6,8,14H,7,19H2,1-3H3,(H,20,25). The summed E-state index contributed by atoms with van der Waals surface area (Å²) in [4.78, 5) is 23.7. The van der Waals surface area contributed by atoms with Crippen LogP contribution in [0.1, 0.15) is 20.8 Å². The molecule has 1 aromatic carbocycles. The Bertz CT molecular complexity index is 825. The normalized spacial score (nSPS) is 12.2. The first-order valence-electron chi connectivity index (χ1n) is 7.79. The molecule has 0 spiro atoms. The van der Waals surface area contributed by atoms with Crippen LogP contribution >= 0.6 is 35.0 Å². The van der Waals surface area contributed by atoms with E-state index in [1.807, 2.05) is 13.8 Å². The lowest BCUT2D eigenvalue weighted by atomic mass is 10.0. The first kappa shape index (κ1) is 20.5. The van der Waals surface area contributed by atoms with Crippen LogP contribution in [0.15, 0.2) is 23.4 Å². The number of benzene rings is 1. The van der Waals surface area contributed by atoms with Gasteiger partial charge < -0.3 is 11.2 Å². The van der Waals surface area contributed by atoms with Crippen molar-refractivity contribution in [2.24, 2.45) is 5.92 Å². The number of hydrogen-bond acceptors (Lipinski definition) is 6. The highest BCUT2D eigenvalue weighted by molar-refractivity contribution is 7.99. The van der Waals surface area contributed by atoms with Crippen LogP contribution in [0.4, 0.5) is 0 Å². The maximum atomic E-state index is 12.1. The number of ketones is 1.